The number of fused-ring (bicyclic) bond motifs is 1. The molecule has 1 unspecified atom stereocenters. The van der Waals surface area contributed by atoms with Crippen LogP contribution in [0.5, 0.6) is 5.75 Å². The number of carbonyl (C=O) groups is 3. The number of carbonyl (C=O) groups excluding carboxylic acids is 3. The van der Waals surface area contributed by atoms with Crippen LogP contribution in [0.1, 0.15) is 45.1 Å². The van der Waals surface area contributed by atoms with Gasteiger partial charge in [0.2, 0.25) is 11.8 Å². The Kier molecular flexibility index (Phi) is 12.5. The minimum atomic E-state index is -0.687. The molecular formula is C32H43Cl2N5O5. The van der Waals surface area contributed by atoms with Crippen molar-refractivity contribution in [2.24, 2.45) is 11.7 Å². The average Bonchev–Trinajstić information content (AvgIpc) is 3.00. The van der Waals surface area contributed by atoms with E-state index in [0.717, 1.165) is 56.8 Å². The molecule has 240 valence electrons. The first-order valence-electron chi connectivity index (χ1n) is 15.3. The Balaban J connectivity index is 1.18. The van der Waals surface area contributed by atoms with Crippen LogP contribution in [0.4, 0.5) is 11.4 Å². The number of nitrogens with one attached hydrogen (secondary N) is 1. The molecule has 1 fully saturated rings. The van der Waals surface area contributed by atoms with Crippen LogP contribution in [0.15, 0.2) is 36.4 Å². The molecule has 2 amide bonds. The summed E-state index contributed by atoms with van der Waals surface area (Å²) in [7, 11) is 0. The van der Waals surface area contributed by atoms with E-state index < -0.39 is 17.9 Å². The van der Waals surface area contributed by atoms with E-state index in [2.05, 4.69) is 15.1 Å². The average molecular weight is 649 g/mol. The third kappa shape index (κ3) is 9.47. The number of aryl methyl sites for hydroxylation is 1. The third-order valence-electron chi connectivity index (χ3n) is 7.86. The zero-order valence-corrected chi connectivity index (χ0v) is 27.0. The summed E-state index contributed by atoms with van der Waals surface area (Å²) in [6.45, 7) is 8.65. The van der Waals surface area contributed by atoms with Crippen molar-refractivity contribution in [1.82, 2.24) is 10.2 Å². The third-order valence-corrected chi connectivity index (χ3v) is 8.67. The summed E-state index contributed by atoms with van der Waals surface area (Å²) in [6.07, 6.45) is 3.35. The van der Waals surface area contributed by atoms with Gasteiger partial charge in [-0.2, -0.15) is 0 Å². The molecule has 1 saturated heterocycles. The first-order chi connectivity index (χ1) is 21.1. The summed E-state index contributed by atoms with van der Waals surface area (Å²) in [5.41, 5.74) is 8.50. The van der Waals surface area contributed by atoms with E-state index in [-0.39, 0.29) is 25.1 Å². The summed E-state index contributed by atoms with van der Waals surface area (Å²) in [5.74, 6) is -0.261. The number of ether oxygens (including phenoxy) is 2. The summed E-state index contributed by atoms with van der Waals surface area (Å²) < 4.78 is 11.3. The predicted molar refractivity (Wildman–Crippen MR) is 173 cm³/mol. The molecule has 2 aliphatic heterocycles. The van der Waals surface area contributed by atoms with Gasteiger partial charge >= 0.3 is 5.97 Å². The van der Waals surface area contributed by atoms with Crippen LogP contribution in [0, 0.1) is 5.92 Å². The van der Waals surface area contributed by atoms with E-state index in [1.807, 2.05) is 44.2 Å². The SMILES string of the molecule is CC(C)CC(N)C(=O)NCC(=O)OCN1C(=O)CCc2ccc(OCCCCN3CCN(c4cccc(Cl)c4Cl)CC3)cc21. The largest absolute Gasteiger partial charge is 0.494 e. The van der Waals surface area contributed by atoms with Crippen LogP contribution >= 0.6 is 23.2 Å². The van der Waals surface area contributed by atoms with Gasteiger partial charge in [-0.3, -0.25) is 24.2 Å². The normalized spacial score (nSPS) is 16.1. The van der Waals surface area contributed by atoms with Crippen molar-refractivity contribution < 1.29 is 23.9 Å². The van der Waals surface area contributed by atoms with Gasteiger partial charge in [-0.1, -0.05) is 49.2 Å². The van der Waals surface area contributed by atoms with Gasteiger partial charge in [0.05, 0.1) is 34.1 Å². The number of amides is 2. The number of hydrogen-bond donors (Lipinski definition) is 2. The van der Waals surface area contributed by atoms with Gasteiger partial charge in [0, 0.05) is 38.7 Å². The molecule has 2 aromatic rings. The lowest BCUT2D eigenvalue weighted by Crippen LogP contribution is -2.46. The lowest BCUT2D eigenvalue weighted by Gasteiger charge is -2.36. The van der Waals surface area contributed by atoms with E-state index in [4.69, 9.17) is 38.4 Å². The zero-order valence-electron chi connectivity index (χ0n) is 25.5. The van der Waals surface area contributed by atoms with Gasteiger partial charge in [0.25, 0.3) is 0 Å². The molecule has 2 aromatic carbocycles. The molecule has 0 aliphatic carbocycles. The molecule has 2 aliphatic rings. The predicted octanol–water partition coefficient (Wildman–Crippen LogP) is 4.24. The molecule has 12 heteroatoms. The minimum absolute atomic E-state index is 0.136. The molecule has 44 heavy (non-hydrogen) atoms. The van der Waals surface area contributed by atoms with Gasteiger partial charge in [-0.15, -0.1) is 0 Å². The Labute approximate surface area is 269 Å². The fraction of sp³-hybridized carbons (Fsp3) is 0.531. The quantitative estimate of drug-likeness (QED) is 0.231. The van der Waals surface area contributed by atoms with Gasteiger partial charge in [-0.05, 0) is 61.9 Å². The maximum Gasteiger partial charge on any atom is 0.327 e. The van der Waals surface area contributed by atoms with Gasteiger partial charge in [0.1, 0.15) is 12.3 Å². The molecule has 3 N–H and O–H groups in total. The molecule has 1 atom stereocenters. The Hall–Kier alpha value is -3.05. The second kappa shape index (κ2) is 16.3. The zero-order chi connectivity index (χ0) is 31.6. The Morgan fingerprint density at radius 1 is 1.02 bits per heavy atom. The molecule has 0 radical (unpaired) electrons. The Morgan fingerprint density at radius 3 is 2.55 bits per heavy atom. The van der Waals surface area contributed by atoms with Crippen LogP contribution in [-0.2, 0) is 25.5 Å². The van der Waals surface area contributed by atoms with Gasteiger partial charge < -0.3 is 25.4 Å². The van der Waals surface area contributed by atoms with Crippen LogP contribution < -0.4 is 25.6 Å². The molecule has 10 nitrogen and oxygen atoms in total. The monoisotopic (exact) mass is 647 g/mol. The first kappa shape index (κ1) is 33.8. The van der Waals surface area contributed by atoms with Crippen LogP contribution in [-0.4, -0.2) is 81.3 Å². The summed E-state index contributed by atoms with van der Waals surface area (Å²) in [5, 5.41) is 3.69. The highest BCUT2D eigenvalue weighted by Gasteiger charge is 2.26. The molecule has 0 saturated carbocycles. The molecule has 0 aromatic heterocycles. The first-order valence-corrected chi connectivity index (χ1v) is 16.0. The van der Waals surface area contributed by atoms with E-state index in [9.17, 15) is 14.4 Å². The van der Waals surface area contributed by atoms with Crippen molar-refractivity contribution in [2.75, 3.05) is 62.4 Å². The summed E-state index contributed by atoms with van der Waals surface area (Å²) in [6, 6.07) is 10.7. The highest BCUT2D eigenvalue weighted by Crippen LogP contribution is 2.33. The lowest BCUT2D eigenvalue weighted by atomic mass is 10.0. The lowest BCUT2D eigenvalue weighted by molar-refractivity contribution is -0.144. The fourth-order valence-electron chi connectivity index (χ4n) is 5.42. The smallest absolute Gasteiger partial charge is 0.327 e. The molecule has 2 heterocycles. The maximum atomic E-state index is 12.7. The van der Waals surface area contributed by atoms with Crippen molar-refractivity contribution in [1.29, 1.82) is 0 Å². The number of nitrogens with zero attached hydrogens (tertiary/aromatic N) is 3. The van der Waals surface area contributed by atoms with Crippen molar-refractivity contribution in [3.8, 4) is 5.75 Å². The molecule has 0 bridgehead atoms. The number of nitrogens with two attached hydrogens (primary N) is 1. The van der Waals surface area contributed by atoms with Crippen molar-refractivity contribution in [3.05, 3.63) is 52.0 Å². The summed E-state index contributed by atoms with van der Waals surface area (Å²) in [4.78, 5) is 43.3. The Bertz CT molecular complexity index is 1300. The van der Waals surface area contributed by atoms with E-state index in [1.54, 1.807) is 6.07 Å². The van der Waals surface area contributed by atoms with E-state index in [0.29, 0.717) is 47.4 Å². The van der Waals surface area contributed by atoms with E-state index in [1.165, 1.54) is 4.90 Å². The highest BCUT2D eigenvalue weighted by atomic mass is 35.5. The van der Waals surface area contributed by atoms with Crippen molar-refractivity contribution >= 4 is 52.4 Å². The van der Waals surface area contributed by atoms with Gasteiger partial charge in [-0.25, -0.2) is 0 Å². The molecule has 4 rings (SSSR count). The fourth-order valence-corrected chi connectivity index (χ4v) is 5.83. The number of piperazine rings is 1. The van der Waals surface area contributed by atoms with Crippen LogP contribution in [0.3, 0.4) is 0 Å². The Morgan fingerprint density at radius 2 is 1.80 bits per heavy atom. The van der Waals surface area contributed by atoms with Crippen LogP contribution in [0.2, 0.25) is 10.0 Å². The number of unbranched alkanes of at least 4 members (excludes halogenated alkanes) is 1. The minimum Gasteiger partial charge on any atom is -0.494 e. The second-order valence-corrected chi connectivity index (χ2v) is 12.5. The van der Waals surface area contributed by atoms with E-state index >= 15 is 0 Å². The standard InChI is InChI=1S/C32H43Cl2N5O5/c1-22(2)18-26(35)32(42)36-20-30(41)44-21-39-28-19-24(10-8-23(28)9-11-29(39)40)43-17-4-3-12-37-13-15-38(16-14-37)27-7-5-6-25(33)31(27)34/h5-8,10,19,22,26H,3-4,9,11-18,20-21,35H2,1-2H3,(H,36,42). The maximum absolute atomic E-state index is 12.7. The van der Waals surface area contributed by atoms with Crippen molar-refractivity contribution in [2.45, 2.75) is 52.0 Å². The number of benzene rings is 2. The van der Waals surface area contributed by atoms with Crippen molar-refractivity contribution in [3.63, 3.8) is 0 Å². The highest BCUT2D eigenvalue weighted by molar-refractivity contribution is 6.43. The summed E-state index contributed by atoms with van der Waals surface area (Å²) >= 11 is 12.6. The number of halogens is 2. The second-order valence-electron chi connectivity index (χ2n) is 11.7. The number of rotatable bonds is 14. The number of anilines is 2. The van der Waals surface area contributed by atoms with Gasteiger partial charge in [0.15, 0.2) is 6.73 Å². The topological polar surface area (TPSA) is 117 Å². The number of hydrogen-bond acceptors (Lipinski definition) is 8. The van der Waals surface area contributed by atoms with Crippen LogP contribution in [0.25, 0.3) is 0 Å². The number of esters is 1. The molecular weight excluding hydrogens is 605 g/mol. The molecule has 0 spiro atoms.